The fraction of sp³-hybridized carbons (Fsp3) is 0.500. The number of thiazole rings is 1. The molecule has 0 bridgehead atoms. The number of aromatic nitrogens is 1. The average molecular weight is 522 g/mol. The Balaban J connectivity index is 0.00000324. The molecule has 8 heteroatoms. The molecule has 1 atom stereocenters. The third kappa shape index (κ3) is 7.01. The molecule has 1 unspecified atom stereocenters. The zero-order valence-electron chi connectivity index (χ0n) is 20.3. The summed E-state index contributed by atoms with van der Waals surface area (Å²) in [5, 5.41) is 12.1. The highest BCUT2D eigenvalue weighted by Gasteiger charge is 2.27. The summed E-state index contributed by atoms with van der Waals surface area (Å²) in [5.41, 5.74) is 1.55. The molecular weight excluding hydrogens is 486 g/mol. The molecule has 1 saturated heterocycles. The van der Waals surface area contributed by atoms with Gasteiger partial charge in [0.2, 0.25) is 0 Å². The SMILES string of the molecule is CCCSc1ccccc1N1CCN(CC(C)(O)CCOc2cccc3nc(C)sc23)CC1.Cl. The third-order valence-electron chi connectivity index (χ3n) is 5.99. The monoisotopic (exact) mass is 521 g/mol. The fourth-order valence-electron chi connectivity index (χ4n) is 4.29. The Labute approximate surface area is 217 Å². The lowest BCUT2D eigenvalue weighted by molar-refractivity contribution is 0.00138. The Kier molecular flexibility index (Phi) is 9.92. The molecule has 3 aromatic rings. The van der Waals surface area contributed by atoms with Gasteiger partial charge < -0.3 is 14.7 Å². The Morgan fingerprint density at radius 1 is 1.12 bits per heavy atom. The number of aryl methyl sites for hydroxylation is 1. The quantitative estimate of drug-likeness (QED) is 0.337. The van der Waals surface area contributed by atoms with E-state index in [0.29, 0.717) is 19.6 Å². The van der Waals surface area contributed by atoms with Crippen molar-refractivity contribution in [3.05, 3.63) is 47.5 Å². The van der Waals surface area contributed by atoms with Crippen LogP contribution in [-0.2, 0) is 0 Å². The molecule has 0 radical (unpaired) electrons. The summed E-state index contributed by atoms with van der Waals surface area (Å²) in [6.07, 6.45) is 1.78. The van der Waals surface area contributed by atoms with Crippen molar-refractivity contribution in [1.29, 1.82) is 0 Å². The molecule has 0 aliphatic carbocycles. The van der Waals surface area contributed by atoms with E-state index < -0.39 is 5.60 Å². The number of aliphatic hydroxyl groups is 1. The topological polar surface area (TPSA) is 48.8 Å². The summed E-state index contributed by atoms with van der Waals surface area (Å²) in [7, 11) is 0. The van der Waals surface area contributed by atoms with E-state index in [0.717, 1.165) is 52.9 Å². The molecule has 186 valence electrons. The van der Waals surface area contributed by atoms with Crippen LogP contribution in [0.5, 0.6) is 5.75 Å². The molecule has 1 N–H and O–H groups in total. The van der Waals surface area contributed by atoms with Gasteiger partial charge >= 0.3 is 0 Å². The Morgan fingerprint density at radius 3 is 2.65 bits per heavy atom. The average Bonchev–Trinajstić information content (AvgIpc) is 3.19. The number of fused-ring (bicyclic) bond motifs is 1. The molecular formula is C26H36ClN3O2S2. The summed E-state index contributed by atoms with van der Waals surface area (Å²) >= 11 is 3.60. The van der Waals surface area contributed by atoms with E-state index in [4.69, 9.17) is 4.74 Å². The number of hydrogen-bond acceptors (Lipinski definition) is 7. The first kappa shape index (κ1) is 27.1. The van der Waals surface area contributed by atoms with E-state index in [9.17, 15) is 5.11 Å². The molecule has 1 aliphatic rings. The first-order valence-corrected chi connectivity index (χ1v) is 13.7. The first-order chi connectivity index (χ1) is 15.9. The molecule has 34 heavy (non-hydrogen) atoms. The summed E-state index contributed by atoms with van der Waals surface area (Å²) < 4.78 is 7.15. The van der Waals surface area contributed by atoms with Crippen molar-refractivity contribution in [3.8, 4) is 5.75 Å². The van der Waals surface area contributed by atoms with Crippen LogP contribution in [0.15, 0.2) is 47.4 Å². The number of benzene rings is 2. The highest BCUT2D eigenvalue weighted by molar-refractivity contribution is 7.99. The van der Waals surface area contributed by atoms with Crippen LogP contribution in [0, 0.1) is 6.92 Å². The maximum atomic E-state index is 11.0. The Hall–Kier alpha value is -1.51. The van der Waals surface area contributed by atoms with Gasteiger partial charge in [-0.05, 0) is 50.3 Å². The predicted molar refractivity (Wildman–Crippen MR) is 148 cm³/mol. The number of β-amino-alcohol motifs (C(OH)–C–C–N with tert-alkyl or cyclic N) is 1. The number of halogens is 1. The lowest BCUT2D eigenvalue weighted by atomic mass is 10.0. The zero-order chi connectivity index (χ0) is 23.3. The van der Waals surface area contributed by atoms with Crippen molar-refractivity contribution in [2.24, 2.45) is 0 Å². The zero-order valence-corrected chi connectivity index (χ0v) is 22.8. The van der Waals surface area contributed by atoms with E-state index in [1.54, 1.807) is 11.3 Å². The number of rotatable bonds is 10. The molecule has 2 aromatic carbocycles. The normalized spacial score (nSPS) is 16.3. The van der Waals surface area contributed by atoms with E-state index in [-0.39, 0.29) is 12.4 Å². The largest absolute Gasteiger partial charge is 0.492 e. The maximum absolute atomic E-state index is 11.0. The molecule has 2 heterocycles. The van der Waals surface area contributed by atoms with Gasteiger partial charge in [0.05, 0.1) is 33.1 Å². The van der Waals surface area contributed by atoms with Gasteiger partial charge in [0.25, 0.3) is 0 Å². The number of ether oxygens (including phenoxy) is 1. The molecule has 1 fully saturated rings. The number of hydrogen-bond donors (Lipinski definition) is 1. The van der Waals surface area contributed by atoms with Crippen LogP contribution in [0.2, 0.25) is 0 Å². The van der Waals surface area contributed by atoms with Crippen molar-refractivity contribution in [1.82, 2.24) is 9.88 Å². The van der Waals surface area contributed by atoms with Crippen molar-refractivity contribution >= 4 is 51.4 Å². The number of thioether (sulfide) groups is 1. The predicted octanol–water partition coefficient (Wildman–Crippen LogP) is 5.87. The van der Waals surface area contributed by atoms with Crippen LogP contribution in [0.3, 0.4) is 0 Å². The van der Waals surface area contributed by atoms with Crippen molar-refractivity contribution < 1.29 is 9.84 Å². The van der Waals surface area contributed by atoms with Gasteiger partial charge in [-0.1, -0.05) is 25.1 Å². The van der Waals surface area contributed by atoms with Gasteiger partial charge in [0.15, 0.2) is 0 Å². The first-order valence-electron chi connectivity index (χ1n) is 11.9. The molecule has 5 nitrogen and oxygen atoms in total. The second-order valence-corrected chi connectivity index (χ2v) is 11.4. The molecule has 0 saturated carbocycles. The molecule has 0 spiro atoms. The molecule has 0 amide bonds. The van der Waals surface area contributed by atoms with Crippen LogP contribution in [-0.4, -0.2) is 65.7 Å². The minimum Gasteiger partial charge on any atom is -0.492 e. The maximum Gasteiger partial charge on any atom is 0.138 e. The minimum absolute atomic E-state index is 0. The summed E-state index contributed by atoms with van der Waals surface area (Å²) in [4.78, 5) is 10.8. The van der Waals surface area contributed by atoms with Gasteiger partial charge in [-0.3, -0.25) is 4.90 Å². The highest BCUT2D eigenvalue weighted by atomic mass is 35.5. The van der Waals surface area contributed by atoms with Crippen molar-refractivity contribution in [2.75, 3.05) is 50.0 Å². The number of para-hydroxylation sites is 1. The molecule has 1 aliphatic heterocycles. The van der Waals surface area contributed by atoms with Crippen LogP contribution in [0.4, 0.5) is 5.69 Å². The highest BCUT2D eigenvalue weighted by Crippen LogP contribution is 2.32. The molecule has 4 rings (SSSR count). The summed E-state index contributed by atoms with van der Waals surface area (Å²) in [6.45, 7) is 11.2. The van der Waals surface area contributed by atoms with E-state index in [1.807, 2.05) is 43.8 Å². The number of anilines is 1. The van der Waals surface area contributed by atoms with Gasteiger partial charge in [-0.25, -0.2) is 4.98 Å². The van der Waals surface area contributed by atoms with Crippen molar-refractivity contribution in [3.63, 3.8) is 0 Å². The van der Waals surface area contributed by atoms with Gasteiger partial charge in [0, 0.05) is 44.0 Å². The van der Waals surface area contributed by atoms with Gasteiger partial charge in [-0.2, -0.15) is 0 Å². The second kappa shape index (κ2) is 12.5. The van der Waals surface area contributed by atoms with Gasteiger partial charge in [-0.15, -0.1) is 35.5 Å². The standard InChI is InChI=1S/C26H35N3O2S2.ClH/c1-4-18-32-24-11-6-5-9-22(24)29-15-13-28(14-16-29)19-26(3,30)12-17-31-23-10-7-8-21-25(23)33-20(2)27-21;/h5-11,30H,4,12-19H2,1-3H3;1H. The van der Waals surface area contributed by atoms with Crippen LogP contribution in [0.25, 0.3) is 10.2 Å². The van der Waals surface area contributed by atoms with E-state index >= 15 is 0 Å². The lowest BCUT2D eigenvalue weighted by Gasteiger charge is -2.39. The fourth-order valence-corrected chi connectivity index (χ4v) is 6.12. The minimum atomic E-state index is -0.783. The smallest absolute Gasteiger partial charge is 0.138 e. The van der Waals surface area contributed by atoms with Crippen LogP contribution >= 0.6 is 35.5 Å². The van der Waals surface area contributed by atoms with Crippen LogP contribution in [0.1, 0.15) is 31.7 Å². The number of nitrogens with zero attached hydrogens (tertiary/aromatic N) is 3. The lowest BCUT2D eigenvalue weighted by Crippen LogP contribution is -2.51. The summed E-state index contributed by atoms with van der Waals surface area (Å²) in [6, 6.07) is 14.7. The van der Waals surface area contributed by atoms with E-state index in [1.165, 1.54) is 17.0 Å². The molecule has 1 aromatic heterocycles. The summed E-state index contributed by atoms with van der Waals surface area (Å²) in [5.74, 6) is 2.01. The Morgan fingerprint density at radius 2 is 1.88 bits per heavy atom. The number of piperazine rings is 1. The van der Waals surface area contributed by atoms with E-state index in [2.05, 4.69) is 46.0 Å². The second-order valence-electron chi connectivity index (χ2n) is 9.01. The van der Waals surface area contributed by atoms with Crippen molar-refractivity contribution in [2.45, 2.75) is 44.1 Å². The Bertz CT molecular complexity index is 1050. The van der Waals surface area contributed by atoms with Crippen LogP contribution < -0.4 is 9.64 Å². The van der Waals surface area contributed by atoms with Gasteiger partial charge in [0.1, 0.15) is 5.75 Å². The third-order valence-corrected chi connectivity index (χ3v) is 8.26.